The predicted molar refractivity (Wildman–Crippen MR) is 85.2 cm³/mol. The fourth-order valence-electron chi connectivity index (χ4n) is 1.77. The first-order valence-electron chi connectivity index (χ1n) is 7.02. The van der Waals surface area contributed by atoms with Gasteiger partial charge in [0.15, 0.2) is 0 Å². The van der Waals surface area contributed by atoms with Gasteiger partial charge in [0.05, 0.1) is 26.6 Å². The monoisotopic (exact) mass is 331 g/mol. The number of carbonyl (C=O) groups is 2. The summed E-state index contributed by atoms with van der Waals surface area (Å²) in [6, 6.07) is 10.4. The highest BCUT2D eigenvalue weighted by molar-refractivity contribution is 5.98. The van der Waals surface area contributed by atoms with Gasteiger partial charge in [-0.3, -0.25) is 0 Å². The highest BCUT2D eigenvalue weighted by Gasteiger charge is 2.12. The molecule has 0 atom stereocenters. The number of hydrogen-bond donors (Lipinski definition) is 1. The van der Waals surface area contributed by atoms with Crippen LogP contribution in [0.5, 0.6) is 5.75 Å². The van der Waals surface area contributed by atoms with Crippen molar-refractivity contribution < 1.29 is 28.2 Å². The SMILES string of the molecule is COC(=O)/C=C(/Nc1ccc(OCc2ccco2)cc1)C(=O)OC. The summed E-state index contributed by atoms with van der Waals surface area (Å²) in [6.07, 6.45) is 2.60. The number of ether oxygens (including phenoxy) is 3. The topological polar surface area (TPSA) is 87.0 Å². The van der Waals surface area contributed by atoms with Gasteiger partial charge in [0.1, 0.15) is 23.8 Å². The van der Waals surface area contributed by atoms with Crippen molar-refractivity contribution in [1.29, 1.82) is 0 Å². The number of anilines is 1. The van der Waals surface area contributed by atoms with Gasteiger partial charge >= 0.3 is 11.9 Å². The van der Waals surface area contributed by atoms with Crippen LogP contribution in [-0.2, 0) is 25.7 Å². The molecular weight excluding hydrogens is 314 g/mol. The summed E-state index contributed by atoms with van der Waals surface area (Å²) in [5, 5.41) is 2.80. The normalized spacial score (nSPS) is 10.8. The van der Waals surface area contributed by atoms with Crippen LogP contribution in [-0.4, -0.2) is 26.2 Å². The van der Waals surface area contributed by atoms with Crippen molar-refractivity contribution in [2.75, 3.05) is 19.5 Å². The van der Waals surface area contributed by atoms with E-state index in [2.05, 4.69) is 14.8 Å². The van der Waals surface area contributed by atoms with E-state index in [0.717, 1.165) is 6.08 Å². The fraction of sp³-hybridized carbons (Fsp3) is 0.176. The van der Waals surface area contributed by atoms with E-state index in [9.17, 15) is 9.59 Å². The Hall–Kier alpha value is -3.22. The van der Waals surface area contributed by atoms with Crippen LogP contribution in [0.15, 0.2) is 58.9 Å². The maximum Gasteiger partial charge on any atom is 0.354 e. The summed E-state index contributed by atoms with van der Waals surface area (Å²) in [4.78, 5) is 23.0. The zero-order valence-electron chi connectivity index (χ0n) is 13.3. The molecule has 7 nitrogen and oxygen atoms in total. The third kappa shape index (κ3) is 4.91. The van der Waals surface area contributed by atoms with Gasteiger partial charge in [-0.15, -0.1) is 0 Å². The Bertz CT molecular complexity index is 703. The summed E-state index contributed by atoms with van der Waals surface area (Å²) in [6.45, 7) is 0.315. The van der Waals surface area contributed by atoms with Crippen molar-refractivity contribution >= 4 is 17.6 Å². The molecular formula is C17H17NO6. The molecule has 0 bridgehead atoms. The van der Waals surface area contributed by atoms with Crippen LogP contribution in [0.4, 0.5) is 5.69 Å². The summed E-state index contributed by atoms with van der Waals surface area (Å²) in [5.41, 5.74) is 0.550. The van der Waals surface area contributed by atoms with E-state index < -0.39 is 11.9 Å². The maximum atomic E-state index is 11.7. The molecule has 0 unspecified atom stereocenters. The summed E-state index contributed by atoms with van der Waals surface area (Å²) < 4.78 is 19.9. The van der Waals surface area contributed by atoms with Crippen LogP contribution < -0.4 is 10.1 Å². The Morgan fingerprint density at radius 1 is 1.12 bits per heavy atom. The summed E-state index contributed by atoms with van der Waals surface area (Å²) >= 11 is 0. The number of carbonyl (C=O) groups excluding carboxylic acids is 2. The minimum Gasteiger partial charge on any atom is -0.486 e. The van der Waals surface area contributed by atoms with Crippen molar-refractivity contribution in [3.8, 4) is 5.75 Å². The average molecular weight is 331 g/mol. The average Bonchev–Trinajstić information content (AvgIpc) is 3.13. The maximum absolute atomic E-state index is 11.7. The van der Waals surface area contributed by atoms with Crippen molar-refractivity contribution in [3.63, 3.8) is 0 Å². The smallest absolute Gasteiger partial charge is 0.354 e. The van der Waals surface area contributed by atoms with Gasteiger partial charge in [0.25, 0.3) is 0 Å². The lowest BCUT2D eigenvalue weighted by Gasteiger charge is -2.10. The quantitative estimate of drug-likeness (QED) is 0.616. The van der Waals surface area contributed by atoms with Crippen molar-refractivity contribution in [2.24, 2.45) is 0 Å². The van der Waals surface area contributed by atoms with E-state index in [1.165, 1.54) is 14.2 Å². The molecule has 1 aromatic heterocycles. The number of benzene rings is 1. The number of nitrogens with one attached hydrogen (secondary N) is 1. The molecule has 0 aliphatic rings. The molecule has 126 valence electrons. The standard InChI is InChI=1S/C17H17NO6/c1-21-16(19)10-15(17(20)22-2)18-12-5-7-13(8-6-12)24-11-14-4-3-9-23-14/h3-10,18H,11H2,1-2H3/b15-10+. The molecule has 1 aromatic carbocycles. The molecule has 24 heavy (non-hydrogen) atoms. The molecule has 7 heteroatoms. The van der Waals surface area contributed by atoms with Crippen molar-refractivity contribution in [3.05, 3.63) is 60.2 Å². The third-order valence-corrected chi connectivity index (χ3v) is 2.96. The van der Waals surface area contributed by atoms with Gasteiger partial charge in [-0.05, 0) is 36.4 Å². The fourth-order valence-corrected chi connectivity index (χ4v) is 1.77. The Kier molecular flexibility index (Phi) is 6.01. The van der Waals surface area contributed by atoms with Gasteiger partial charge < -0.3 is 23.9 Å². The molecule has 0 radical (unpaired) electrons. The molecule has 1 heterocycles. The van der Waals surface area contributed by atoms with Gasteiger partial charge in [0.2, 0.25) is 0 Å². The predicted octanol–water partition coefficient (Wildman–Crippen LogP) is 2.50. The first-order chi connectivity index (χ1) is 11.6. The third-order valence-electron chi connectivity index (χ3n) is 2.96. The van der Waals surface area contributed by atoms with Gasteiger partial charge in [-0.25, -0.2) is 9.59 Å². The number of methoxy groups -OCH3 is 2. The van der Waals surface area contributed by atoms with E-state index in [1.54, 1.807) is 36.6 Å². The lowest BCUT2D eigenvalue weighted by atomic mass is 10.2. The highest BCUT2D eigenvalue weighted by Crippen LogP contribution is 2.18. The number of esters is 2. The first-order valence-corrected chi connectivity index (χ1v) is 7.02. The Balaban J connectivity index is 2.01. The van der Waals surface area contributed by atoms with Crippen LogP contribution >= 0.6 is 0 Å². The van der Waals surface area contributed by atoms with E-state index in [1.807, 2.05) is 6.07 Å². The number of hydrogen-bond acceptors (Lipinski definition) is 7. The zero-order valence-corrected chi connectivity index (χ0v) is 13.3. The lowest BCUT2D eigenvalue weighted by Crippen LogP contribution is -2.15. The molecule has 0 saturated carbocycles. The minimum atomic E-state index is -0.682. The summed E-state index contributed by atoms with van der Waals surface area (Å²) in [7, 11) is 2.44. The van der Waals surface area contributed by atoms with Crippen LogP contribution in [0.2, 0.25) is 0 Å². The number of furan rings is 1. The van der Waals surface area contributed by atoms with Crippen LogP contribution in [0, 0.1) is 0 Å². The van der Waals surface area contributed by atoms with Crippen molar-refractivity contribution in [2.45, 2.75) is 6.61 Å². The summed E-state index contributed by atoms with van der Waals surface area (Å²) in [5.74, 6) is -0.000414. The van der Waals surface area contributed by atoms with Crippen LogP contribution in [0.25, 0.3) is 0 Å². The lowest BCUT2D eigenvalue weighted by molar-refractivity contribution is -0.138. The van der Waals surface area contributed by atoms with E-state index in [4.69, 9.17) is 9.15 Å². The molecule has 0 amide bonds. The molecule has 2 rings (SSSR count). The number of rotatable bonds is 7. The molecule has 0 aliphatic heterocycles. The van der Waals surface area contributed by atoms with Gasteiger partial charge in [-0.1, -0.05) is 0 Å². The largest absolute Gasteiger partial charge is 0.486 e. The van der Waals surface area contributed by atoms with Crippen LogP contribution in [0.3, 0.4) is 0 Å². The van der Waals surface area contributed by atoms with E-state index in [0.29, 0.717) is 23.8 Å². The van der Waals surface area contributed by atoms with E-state index in [-0.39, 0.29) is 5.70 Å². The first kappa shape index (κ1) is 17.1. The second-order valence-corrected chi connectivity index (χ2v) is 4.59. The zero-order chi connectivity index (χ0) is 17.4. The molecule has 0 spiro atoms. The Labute approximate surface area is 138 Å². The van der Waals surface area contributed by atoms with Crippen LogP contribution in [0.1, 0.15) is 5.76 Å². The Morgan fingerprint density at radius 2 is 1.88 bits per heavy atom. The second kappa shape index (κ2) is 8.42. The van der Waals surface area contributed by atoms with Gasteiger partial charge in [0, 0.05) is 5.69 Å². The highest BCUT2D eigenvalue weighted by atomic mass is 16.5. The molecule has 1 N–H and O–H groups in total. The minimum absolute atomic E-state index is 0.0337. The molecule has 0 fully saturated rings. The van der Waals surface area contributed by atoms with Gasteiger partial charge in [-0.2, -0.15) is 0 Å². The molecule has 2 aromatic rings. The Morgan fingerprint density at radius 3 is 2.46 bits per heavy atom. The second-order valence-electron chi connectivity index (χ2n) is 4.59. The molecule has 0 saturated heterocycles. The van der Waals surface area contributed by atoms with E-state index >= 15 is 0 Å². The molecule has 0 aliphatic carbocycles. The van der Waals surface area contributed by atoms with Crippen molar-refractivity contribution in [1.82, 2.24) is 0 Å².